The first kappa shape index (κ1) is 20.6. The normalized spacial score (nSPS) is 15.8. The summed E-state index contributed by atoms with van der Waals surface area (Å²) >= 11 is 0. The van der Waals surface area contributed by atoms with Gasteiger partial charge in [-0.3, -0.25) is 9.59 Å². The monoisotopic (exact) mass is 403 g/mol. The first-order valence-corrected chi connectivity index (χ1v) is 9.10. The lowest BCUT2D eigenvalue weighted by atomic mass is 9.87. The number of hydrogen-bond donors (Lipinski definition) is 3. The number of carbonyl (C=O) groups excluding carboxylic acids is 2. The summed E-state index contributed by atoms with van der Waals surface area (Å²) in [5.74, 6) is -3.06. The highest BCUT2D eigenvalue weighted by molar-refractivity contribution is 6.03. The molecule has 0 radical (unpaired) electrons. The third-order valence-corrected chi connectivity index (χ3v) is 4.67. The lowest BCUT2D eigenvalue weighted by Gasteiger charge is -2.36. The number of carbonyl (C=O) groups is 2. The van der Waals surface area contributed by atoms with E-state index in [4.69, 9.17) is 0 Å². The van der Waals surface area contributed by atoms with E-state index in [1.807, 2.05) is 0 Å². The van der Waals surface area contributed by atoms with Crippen LogP contribution in [0.4, 0.5) is 18.9 Å². The summed E-state index contributed by atoms with van der Waals surface area (Å²) in [6, 6.07) is 8.31. The first-order valence-electron chi connectivity index (χ1n) is 9.10. The molecule has 3 N–H and O–H groups in total. The van der Waals surface area contributed by atoms with Gasteiger partial charge in [-0.2, -0.15) is 0 Å². The predicted octanol–water partition coefficient (Wildman–Crippen LogP) is 2.99. The van der Waals surface area contributed by atoms with Crippen LogP contribution in [-0.4, -0.2) is 30.4 Å². The van der Waals surface area contributed by atoms with Gasteiger partial charge in [-0.05, 0) is 61.8 Å². The average Bonchev–Trinajstić information content (AvgIpc) is 2.67. The molecule has 0 saturated carbocycles. The quantitative estimate of drug-likeness (QED) is 0.673. The Labute approximate surface area is 166 Å². The van der Waals surface area contributed by atoms with Crippen LogP contribution in [-0.2, 0) is 9.59 Å². The summed E-state index contributed by atoms with van der Waals surface area (Å²) in [6.07, 6.45) is 3.38. The zero-order chi connectivity index (χ0) is 20.9. The third kappa shape index (κ3) is 5.45. The van der Waals surface area contributed by atoms with Crippen LogP contribution >= 0.6 is 0 Å². The lowest BCUT2D eigenvalue weighted by molar-refractivity contribution is -0.129. The van der Waals surface area contributed by atoms with Gasteiger partial charge in [-0.1, -0.05) is 12.1 Å². The fraction of sp³-hybridized carbons (Fsp3) is 0.238. The molecule has 0 unspecified atom stereocenters. The molecule has 0 aliphatic carbocycles. The molecule has 29 heavy (non-hydrogen) atoms. The van der Waals surface area contributed by atoms with E-state index < -0.39 is 29.0 Å². The van der Waals surface area contributed by atoms with Gasteiger partial charge in [-0.25, -0.2) is 13.2 Å². The van der Waals surface area contributed by atoms with E-state index in [1.54, 1.807) is 0 Å². The molecule has 1 aliphatic rings. The molecule has 0 aromatic heterocycles. The number of benzene rings is 2. The summed E-state index contributed by atoms with van der Waals surface area (Å²) in [5.41, 5.74) is -0.625. The molecule has 2 aromatic rings. The van der Waals surface area contributed by atoms with Gasteiger partial charge >= 0.3 is 0 Å². The molecule has 152 valence electrons. The standard InChI is InChI=1S/C21H20F3N3O2/c22-15-4-1-14(2-5-15)3-6-19(28)27-21(7-9-25-10-8-21)20(29)26-18-12-16(23)11-17(24)13-18/h1-6,11-13,25H,7-10H2,(H,26,29)(H,27,28)/b6-3+. The Morgan fingerprint density at radius 1 is 0.931 bits per heavy atom. The summed E-state index contributed by atoms with van der Waals surface area (Å²) in [5, 5.41) is 8.32. The van der Waals surface area contributed by atoms with Gasteiger partial charge in [0.25, 0.3) is 0 Å². The Morgan fingerprint density at radius 2 is 1.55 bits per heavy atom. The van der Waals surface area contributed by atoms with Crippen LogP contribution in [0.1, 0.15) is 18.4 Å². The van der Waals surface area contributed by atoms with Crippen LogP contribution in [0.5, 0.6) is 0 Å². The van der Waals surface area contributed by atoms with Crippen molar-refractivity contribution in [1.29, 1.82) is 0 Å². The van der Waals surface area contributed by atoms with Crippen molar-refractivity contribution in [2.45, 2.75) is 18.4 Å². The number of amides is 2. The van der Waals surface area contributed by atoms with E-state index in [-0.39, 0.29) is 11.5 Å². The minimum atomic E-state index is -1.22. The number of halogens is 3. The van der Waals surface area contributed by atoms with Crippen molar-refractivity contribution in [3.63, 3.8) is 0 Å². The van der Waals surface area contributed by atoms with Gasteiger partial charge in [0.05, 0.1) is 0 Å². The fourth-order valence-electron chi connectivity index (χ4n) is 3.16. The van der Waals surface area contributed by atoms with Gasteiger partial charge in [0.15, 0.2) is 0 Å². The van der Waals surface area contributed by atoms with E-state index in [2.05, 4.69) is 16.0 Å². The number of anilines is 1. The van der Waals surface area contributed by atoms with Crippen LogP contribution in [0, 0.1) is 17.5 Å². The van der Waals surface area contributed by atoms with Crippen molar-refractivity contribution in [2.75, 3.05) is 18.4 Å². The molecule has 8 heteroatoms. The summed E-state index contributed by atoms with van der Waals surface area (Å²) in [6.45, 7) is 0.986. The van der Waals surface area contributed by atoms with Gasteiger partial charge < -0.3 is 16.0 Å². The third-order valence-electron chi connectivity index (χ3n) is 4.67. The molecule has 0 bridgehead atoms. The maximum Gasteiger partial charge on any atom is 0.250 e. The Kier molecular flexibility index (Phi) is 6.33. The second-order valence-electron chi connectivity index (χ2n) is 6.82. The highest BCUT2D eigenvalue weighted by atomic mass is 19.1. The topological polar surface area (TPSA) is 70.2 Å². The van der Waals surface area contributed by atoms with Crippen molar-refractivity contribution in [3.05, 3.63) is 71.6 Å². The lowest BCUT2D eigenvalue weighted by Crippen LogP contribution is -2.61. The minimum absolute atomic E-state index is 0.0264. The Bertz CT molecular complexity index is 903. The minimum Gasteiger partial charge on any atom is -0.338 e. The van der Waals surface area contributed by atoms with Gasteiger partial charge in [0, 0.05) is 17.8 Å². The molecule has 5 nitrogen and oxygen atoms in total. The maximum atomic E-state index is 13.4. The molecule has 1 fully saturated rings. The molecule has 1 saturated heterocycles. The molecule has 3 rings (SSSR count). The predicted molar refractivity (Wildman–Crippen MR) is 103 cm³/mol. The highest BCUT2D eigenvalue weighted by Crippen LogP contribution is 2.22. The van der Waals surface area contributed by atoms with Gasteiger partial charge in [0.1, 0.15) is 23.0 Å². The molecule has 2 aromatic carbocycles. The SMILES string of the molecule is O=C(/C=C/c1ccc(F)cc1)NC1(C(=O)Nc2cc(F)cc(F)c2)CCNCC1. The van der Waals surface area contributed by atoms with Crippen molar-refractivity contribution in [2.24, 2.45) is 0 Å². The Hall–Kier alpha value is -3.13. The summed E-state index contributed by atoms with van der Waals surface area (Å²) in [4.78, 5) is 25.3. The maximum absolute atomic E-state index is 13.4. The summed E-state index contributed by atoms with van der Waals surface area (Å²) < 4.78 is 39.8. The van der Waals surface area contributed by atoms with E-state index in [0.717, 1.165) is 12.1 Å². The molecule has 1 aliphatic heterocycles. The van der Waals surface area contributed by atoms with Crippen LogP contribution in [0.15, 0.2) is 48.5 Å². The number of hydrogen-bond acceptors (Lipinski definition) is 3. The molecule has 0 spiro atoms. The van der Waals surface area contributed by atoms with E-state index in [0.29, 0.717) is 37.6 Å². The summed E-state index contributed by atoms with van der Waals surface area (Å²) in [7, 11) is 0. The van der Waals surface area contributed by atoms with Crippen molar-refractivity contribution < 1.29 is 22.8 Å². The van der Waals surface area contributed by atoms with Crippen LogP contribution in [0.3, 0.4) is 0 Å². The van der Waals surface area contributed by atoms with Crippen LogP contribution in [0.25, 0.3) is 6.08 Å². The molecule has 0 atom stereocenters. The van der Waals surface area contributed by atoms with Crippen molar-refractivity contribution in [3.8, 4) is 0 Å². The zero-order valence-corrected chi connectivity index (χ0v) is 15.5. The fourth-order valence-corrected chi connectivity index (χ4v) is 3.16. The van der Waals surface area contributed by atoms with Crippen LogP contribution in [0.2, 0.25) is 0 Å². The van der Waals surface area contributed by atoms with Crippen molar-refractivity contribution in [1.82, 2.24) is 10.6 Å². The van der Waals surface area contributed by atoms with Crippen LogP contribution < -0.4 is 16.0 Å². The van der Waals surface area contributed by atoms with E-state index in [9.17, 15) is 22.8 Å². The molecule has 2 amide bonds. The first-order chi connectivity index (χ1) is 13.9. The van der Waals surface area contributed by atoms with Gasteiger partial charge in [0.2, 0.25) is 11.8 Å². The molecular formula is C21H20F3N3O2. The second-order valence-corrected chi connectivity index (χ2v) is 6.82. The molecular weight excluding hydrogens is 383 g/mol. The number of nitrogens with one attached hydrogen (secondary N) is 3. The molecule has 1 heterocycles. The Balaban J connectivity index is 1.74. The highest BCUT2D eigenvalue weighted by Gasteiger charge is 2.40. The smallest absolute Gasteiger partial charge is 0.250 e. The van der Waals surface area contributed by atoms with Gasteiger partial charge in [-0.15, -0.1) is 0 Å². The van der Waals surface area contributed by atoms with Crippen molar-refractivity contribution >= 4 is 23.6 Å². The number of piperidine rings is 1. The Morgan fingerprint density at radius 3 is 2.17 bits per heavy atom. The average molecular weight is 403 g/mol. The van der Waals surface area contributed by atoms with E-state index >= 15 is 0 Å². The number of rotatable bonds is 5. The zero-order valence-electron chi connectivity index (χ0n) is 15.5. The van der Waals surface area contributed by atoms with E-state index in [1.165, 1.54) is 36.4 Å². The largest absolute Gasteiger partial charge is 0.338 e. The second kappa shape index (κ2) is 8.91.